The van der Waals surface area contributed by atoms with Gasteiger partial charge in [0, 0.05) is 22.4 Å². The van der Waals surface area contributed by atoms with Crippen LogP contribution in [0.25, 0.3) is 45.0 Å². The molecule has 11 nitrogen and oxygen atoms in total. The zero-order valence-electron chi connectivity index (χ0n) is 23.7. The molecule has 1 amide bonds. The minimum atomic E-state index is -1.10. The van der Waals surface area contributed by atoms with Crippen molar-refractivity contribution in [1.29, 1.82) is 0 Å². The molecule has 1 aliphatic rings. The second kappa shape index (κ2) is 9.64. The van der Waals surface area contributed by atoms with Gasteiger partial charge in [0.2, 0.25) is 5.82 Å². The maximum atomic E-state index is 12.8. The molecule has 214 valence electrons. The number of rotatable bonds is 5. The van der Waals surface area contributed by atoms with E-state index in [9.17, 15) is 4.79 Å². The Morgan fingerprint density at radius 3 is 2.46 bits per heavy atom. The molecule has 5 aromatic rings. The Hall–Kier alpha value is -4.35. The second-order valence-electron chi connectivity index (χ2n) is 11.5. The Balaban J connectivity index is 1.30. The number of aromatic nitrogens is 2. The van der Waals surface area contributed by atoms with Crippen molar-refractivity contribution in [3.05, 3.63) is 54.3 Å². The molecule has 1 aliphatic heterocycles. The van der Waals surface area contributed by atoms with Gasteiger partial charge in [-0.15, -0.1) is 0 Å². The fraction of sp³-hybridized carbons (Fsp3) is 0.367. The summed E-state index contributed by atoms with van der Waals surface area (Å²) in [5, 5.41) is 8.75. The molecule has 0 aliphatic carbocycles. The van der Waals surface area contributed by atoms with E-state index in [4.69, 9.17) is 32.3 Å². The van der Waals surface area contributed by atoms with Crippen molar-refractivity contribution in [3.8, 4) is 28.8 Å². The monoisotopic (exact) mass is 561 g/mol. The van der Waals surface area contributed by atoms with Gasteiger partial charge in [0.1, 0.15) is 33.8 Å². The van der Waals surface area contributed by atoms with Crippen molar-refractivity contribution in [1.82, 2.24) is 15.5 Å². The third-order valence-corrected chi connectivity index (χ3v) is 6.68. The van der Waals surface area contributed by atoms with Gasteiger partial charge in [0.15, 0.2) is 11.5 Å². The summed E-state index contributed by atoms with van der Waals surface area (Å²) in [4.78, 5) is 17.4. The summed E-state index contributed by atoms with van der Waals surface area (Å²) in [5.41, 5.74) is 0.195. The number of carbonyl (C=O) groups excluding carboxylic acids is 1. The van der Waals surface area contributed by atoms with E-state index >= 15 is 0 Å². The highest BCUT2D eigenvalue weighted by molar-refractivity contribution is 5.84. The fourth-order valence-electron chi connectivity index (χ4n) is 4.56. The van der Waals surface area contributed by atoms with E-state index < -0.39 is 23.0 Å². The Kier molecular flexibility index (Phi) is 6.31. The van der Waals surface area contributed by atoms with Crippen molar-refractivity contribution < 1.29 is 37.1 Å². The number of nitrogens with one attached hydrogen (secondary N) is 1. The number of nitrogens with zero attached hydrogens (tertiary/aromatic N) is 2. The SMILES string of the molecule is COc1ccc2cc(-c3nc(-c4ccc5oc(C6(NC(=O)OC(C)(C)C)COC(C)(C)OC6)cc5c4)no3)oc2c1. The minimum absolute atomic E-state index is 0.128. The summed E-state index contributed by atoms with van der Waals surface area (Å²) in [5.74, 6) is 1.45. The lowest BCUT2D eigenvalue weighted by Crippen LogP contribution is -2.59. The molecule has 3 aromatic heterocycles. The molecule has 1 fully saturated rings. The molecule has 0 radical (unpaired) electrons. The van der Waals surface area contributed by atoms with Crippen LogP contribution < -0.4 is 10.1 Å². The number of fused-ring (bicyclic) bond motifs is 2. The van der Waals surface area contributed by atoms with Crippen LogP contribution in [0.2, 0.25) is 0 Å². The zero-order chi connectivity index (χ0) is 29.0. The van der Waals surface area contributed by atoms with Crippen molar-refractivity contribution >= 4 is 28.0 Å². The largest absolute Gasteiger partial charge is 0.497 e. The molecule has 0 atom stereocenters. The van der Waals surface area contributed by atoms with E-state index in [-0.39, 0.29) is 19.1 Å². The highest BCUT2D eigenvalue weighted by atomic mass is 16.7. The molecule has 2 aromatic carbocycles. The number of amides is 1. The first-order chi connectivity index (χ1) is 19.4. The minimum Gasteiger partial charge on any atom is -0.497 e. The summed E-state index contributed by atoms with van der Waals surface area (Å²) < 4.78 is 40.3. The molecule has 0 saturated carbocycles. The summed E-state index contributed by atoms with van der Waals surface area (Å²) >= 11 is 0. The Labute approximate surface area is 235 Å². The summed E-state index contributed by atoms with van der Waals surface area (Å²) in [6.45, 7) is 9.29. The standard InChI is InChI=1S/C30H31N3O8/c1-28(2,3)40-27(34)32-30(15-36-29(4,5)37-16-30)24-13-19-11-18(8-10-21(19)39-24)25-31-26(41-33-25)23-12-17-7-9-20(35-6)14-22(17)38-23/h7-14H,15-16H2,1-6H3,(H,32,34). The van der Waals surface area contributed by atoms with E-state index in [1.54, 1.807) is 33.9 Å². The molecule has 11 heteroatoms. The number of benzene rings is 2. The topological polar surface area (TPSA) is 131 Å². The van der Waals surface area contributed by atoms with Gasteiger partial charge < -0.3 is 37.6 Å². The van der Waals surface area contributed by atoms with E-state index in [0.717, 1.165) is 10.8 Å². The van der Waals surface area contributed by atoms with Crippen molar-refractivity contribution in [2.45, 2.75) is 51.5 Å². The summed E-state index contributed by atoms with van der Waals surface area (Å²) in [7, 11) is 1.60. The molecule has 41 heavy (non-hydrogen) atoms. The Bertz CT molecular complexity index is 1730. The number of carbonyl (C=O) groups is 1. The highest BCUT2D eigenvalue weighted by Crippen LogP contribution is 2.36. The number of methoxy groups -OCH3 is 1. The summed E-state index contributed by atoms with van der Waals surface area (Å²) in [6.07, 6.45) is -0.603. The van der Waals surface area contributed by atoms with Crippen LogP contribution in [0.5, 0.6) is 5.75 Å². The Morgan fingerprint density at radius 2 is 1.73 bits per heavy atom. The third-order valence-electron chi connectivity index (χ3n) is 6.68. The first-order valence-electron chi connectivity index (χ1n) is 13.2. The van der Waals surface area contributed by atoms with Gasteiger partial charge in [-0.1, -0.05) is 5.16 Å². The predicted octanol–water partition coefficient (Wildman–Crippen LogP) is 6.41. The van der Waals surface area contributed by atoms with Crippen LogP contribution in [0, 0.1) is 0 Å². The van der Waals surface area contributed by atoms with Gasteiger partial charge in [-0.25, -0.2) is 4.79 Å². The number of alkyl carbamates (subject to hydrolysis) is 1. The molecular weight excluding hydrogens is 530 g/mol. The van der Waals surface area contributed by atoms with Crippen LogP contribution in [0.3, 0.4) is 0 Å². The second-order valence-corrected chi connectivity index (χ2v) is 11.5. The van der Waals surface area contributed by atoms with Gasteiger partial charge in [0.05, 0.1) is 20.3 Å². The van der Waals surface area contributed by atoms with Gasteiger partial charge in [-0.3, -0.25) is 0 Å². The van der Waals surface area contributed by atoms with Crippen LogP contribution >= 0.6 is 0 Å². The zero-order valence-corrected chi connectivity index (χ0v) is 23.7. The maximum absolute atomic E-state index is 12.8. The molecule has 0 bridgehead atoms. The molecular formula is C30H31N3O8. The fourth-order valence-corrected chi connectivity index (χ4v) is 4.56. The van der Waals surface area contributed by atoms with E-state index in [1.165, 1.54) is 0 Å². The summed E-state index contributed by atoms with van der Waals surface area (Å²) in [6, 6.07) is 14.8. The van der Waals surface area contributed by atoms with Crippen LogP contribution in [0.1, 0.15) is 40.4 Å². The molecule has 4 heterocycles. The average molecular weight is 562 g/mol. The van der Waals surface area contributed by atoms with Crippen LogP contribution in [-0.2, 0) is 19.7 Å². The van der Waals surface area contributed by atoms with E-state index in [0.29, 0.717) is 39.8 Å². The van der Waals surface area contributed by atoms with Gasteiger partial charge in [-0.05, 0) is 77.1 Å². The number of hydrogen-bond acceptors (Lipinski definition) is 10. The lowest BCUT2D eigenvalue weighted by molar-refractivity contribution is -0.274. The average Bonchev–Trinajstić information content (AvgIpc) is 3.65. The van der Waals surface area contributed by atoms with Crippen molar-refractivity contribution in [3.63, 3.8) is 0 Å². The quantitative estimate of drug-likeness (QED) is 0.257. The molecule has 6 rings (SSSR count). The lowest BCUT2D eigenvalue weighted by atomic mass is 9.96. The first-order valence-corrected chi connectivity index (χ1v) is 13.2. The molecule has 1 N–H and O–H groups in total. The molecule has 0 spiro atoms. The number of furan rings is 2. The molecule has 1 saturated heterocycles. The van der Waals surface area contributed by atoms with E-state index in [2.05, 4.69) is 15.5 Å². The predicted molar refractivity (Wildman–Crippen MR) is 148 cm³/mol. The van der Waals surface area contributed by atoms with Crippen molar-refractivity contribution in [2.75, 3.05) is 20.3 Å². The normalized spacial score (nSPS) is 16.6. The van der Waals surface area contributed by atoms with E-state index in [1.807, 2.05) is 56.3 Å². The first kappa shape index (κ1) is 26.9. The maximum Gasteiger partial charge on any atom is 0.408 e. The van der Waals surface area contributed by atoms with Crippen molar-refractivity contribution in [2.24, 2.45) is 0 Å². The van der Waals surface area contributed by atoms with Gasteiger partial charge in [-0.2, -0.15) is 4.98 Å². The van der Waals surface area contributed by atoms with Crippen LogP contribution in [-0.4, -0.2) is 47.9 Å². The highest BCUT2D eigenvalue weighted by Gasteiger charge is 2.46. The number of ether oxygens (including phenoxy) is 4. The number of hydrogen-bond donors (Lipinski definition) is 1. The third kappa shape index (κ3) is 5.38. The Morgan fingerprint density at radius 1 is 0.951 bits per heavy atom. The van der Waals surface area contributed by atoms with Gasteiger partial charge >= 0.3 is 6.09 Å². The van der Waals surface area contributed by atoms with Gasteiger partial charge in [0.25, 0.3) is 5.89 Å². The van der Waals surface area contributed by atoms with Crippen LogP contribution in [0.4, 0.5) is 4.79 Å². The van der Waals surface area contributed by atoms with Crippen LogP contribution in [0.15, 0.2) is 61.9 Å². The smallest absolute Gasteiger partial charge is 0.408 e. The lowest BCUT2D eigenvalue weighted by Gasteiger charge is -2.42. The molecule has 0 unspecified atom stereocenters.